The van der Waals surface area contributed by atoms with E-state index in [0.717, 1.165) is 35.9 Å². The molecule has 2 aliphatic carbocycles. The number of nitrogen functional groups attached to an aromatic ring is 1. The number of anilines is 2. The number of nitrogens with one attached hydrogen (secondary N) is 1. The van der Waals surface area contributed by atoms with Gasteiger partial charge in [0.1, 0.15) is 0 Å². The summed E-state index contributed by atoms with van der Waals surface area (Å²) in [6, 6.07) is 5.75. The van der Waals surface area contributed by atoms with Crippen molar-refractivity contribution in [3.8, 4) is 0 Å². The van der Waals surface area contributed by atoms with Gasteiger partial charge in [-0.05, 0) is 55.7 Å². The second-order valence-electron chi connectivity index (χ2n) is 5.50. The third-order valence-electron chi connectivity index (χ3n) is 4.08. The second kappa shape index (κ2) is 3.76. The van der Waals surface area contributed by atoms with E-state index in [1.807, 2.05) is 25.1 Å². The summed E-state index contributed by atoms with van der Waals surface area (Å²) in [5, 5.41) is 2.96. The van der Waals surface area contributed by atoms with Crippen molar-refractivity contribution in [2.75, 3.05) is 11.1 Å². The van der Waals surface area contributed by atoms with Crippen LogP contribution < -0.4 is 11.1 Å². The first-order valence-corrected chi connectivity index (χ1v) is 6.30. The molecule has 0 radical (unpaired) electrons. The van der Waals surface area contributed by atoms with E-state index >= 15 is 0 Å². The Morgan fingerprint density at radius 3 is 2.65 bits per heavy atom. The number of carbonyl (C=O) groups is 1. The smallest absolute Gasteiger partial charge is 0.227 e. The summed E-state index contributed by atoms with van der Waals surface area (Å²) < 4.78 is 0. The summed E-state index contributed by atoms with van der Waals surface area (Å²) in [7, 11) is 0. The number of nitrogens with two attached hydrogens (primary N) is 1. The van der Waals surface area contributed by atoms with Gasteiger partial charge in [0.25, 0.3) is 0 Å². The van der Waals surface area contributed by atoms with Crippen molar-refractivity contribution < 1.29 is 4.79 Å². The van der Waals surface area contributed by atoms with Gasteiger partial charge in [0.05, 0.1) is 11.4 Å². The molecule has 3 heteroatoms. The molecule has 3 nitrogen and oxygen atoms in total. The lowest BCUT2D eigenvalue weighted by Crippen LogP contribution is -2.22. The van der Waals surface area contributed by atoms with Gasteiger partial charge in [-0.2, -0.15) is 0 Å². The fraction of sp³-hybridized carbons (Fsp3) is 0.500. The predicted octanol–water partition coefficient (Wildman–Crippen LogP) is 2.56. The Morgan fingerprint density at radius 1 is 1.29 bits per heavy atom. The minimum atomic E-state index is 0.146. The maximum Gasteiger partial charge on any atom is 0.227 e. The molecule has 2 saturated carbocycles. The lowest BCUT2D eigenvalue weighted by atomic mass is 10.0. The van der Waals surface area contributed by atoms with Gasteiger partial charge < -0.3 is 11.1 Å². The standard InChI is InChI=1S/C14H18N2O/c1-8-2-3-13(12(15)4-8)16-14(17)11-6-9-5-10(9)7-11/h2-4,9-11H,5-7,15H2,1H3,(H,16,17). The monoisotopic (exact) mass is 230 g/mol. The van der Waals surface area contributed by atoms with Crippen LogP contribution in [0.1, 0.15) is 24.8 Å². The Morgan fingerprint density at radius 2 is 2.00 bits per heavy atom. The summed E-state index contributed by atoms with van der Waals surface area (Å²) in [6.45, 7) is 1.99. The van der Waals surface area contributed by atoms with Gasteiger partial charge in [-0.15, -0.1) is 0 Å². The SMILES string of the molecule is Cc1ccc(NC(=O)C2CC3CC3C2)c(N)c1. The zero-order valence-electron chi connectivity index (χ0n) is 10.1. The van der Waals surface area contributed by atoms with E-state index < -0.39 is 0 Å². The number of hydrogen-bond donors (Lipinski definition) is 2. The molecule has 3 rings (SSSR count). The predicted molar refractivity (Wildman–Crippen MR) is 68.5 cm³/mol. The van der Waals surface area contributed by atoms with Crippen LogP contribution in [0.3, 0.4) is 0 Å². The van der Waals surface area contributed by atoms with Crippen LogP contribution in [0.2, 0.25) is 0 Å². The third-order valence-corrected chi connectivity index (χ3v) is 4.08. The first-order valence-electron chi connectivity index (χ1n) is 6.30. The fourth-order valence-electron chi connectivity index (χ4n) is 2.96. The summed E-state index contributed by atoms with van der Waals surface area (Å²) in [4.78, 5) is 12.1. The number of fused-ring (bicyclic) bond motifs is 1. The molecule has 0 saturated heterocycles. The minimum absolute atomic E-state index is 0.146. The lowest BCUT2D eigenvalue weighted by Gasteiger charge is -2.14. The van der Waals surface area contributed by atoms with Crippen LogP contribution in [-0.4, -0.2) is 5.91 Å². The fourth-order valence-corrected chi connectivity index (χ4v) is 2.96. The van der Waals surface area contributed by atoms with Crippen molar-refractivity contribution in [1.29, 1.82) is 0 Å². The van der Waals surface area contributed by atoms with Crippen LogP contribution in [0.5, 0.6) is 0 Å². The molecule has 2 fully saturated rings. The van der Waals surface area contributed by atoms with Gasteiger partial charge in [-0.25, -0.2) is 0 Å². The highest BCUT2D eigenvalue weighted by Gasteiger charge is 2.47. The van der Waals surface area contributed by atoms with Crippen LogP contribution in [0.4, 0.5) is 11.4 Å². The molecule has 1 amide bonds. The highest BCUT2D eigenvalue weighted by molar-refractivity contribution is 5.95. The molecule has 0 aliphatic heterocycles. The van der Waals surface area contributed by atoms with Crippen molar-refractivity contribution in [3.63, 3.8) is 0 Å². The maximum atomic E-state index is 12.1. The molecule has 1 aromatic carbocycles. The molecule has 2 aliphatic rings. The molecule has 3 N–H and O–H groups in total. The molecular weight excluding hydrogens is 212 g/mol. The van der Waals surface area contributed by atoms with E-state index in [2.05, 4.69) is 5.32 Å². The highest BCUT2D eigenvalue weighted by Crippen LogP contribution is 2.54. The molecule has 2 unspecified atom stereocenters. The summed E-state index contributed by atoms with van der Waals surface area (Å²) in [5.41, 5.74) is 8.41. The summed E-state index contributed by atoms with van der Waals surface area (Å²) >= 11 is 0. The Kier molecular flexibility index (Phi) is 2.35. The van der Waals surface area contributed by atoms with Crippen LogP contribution in [0.25, 0.3) is 0 Å². The molecule has 1 aromatic rings. The maximum absolute atomic E-state index is 12.1. The normalized spacial score (nSPS) is 29.8. The Bertz CT molecular complexity index is 459. The van der Waals surface area contributed by atoms with Gasteiger partial charge in [-0.3, -0.25) is 4.79 Å². The van der Waals surface area contributed by atoms with E-state index in [1.165, 1.54) is 6.42 Å². The first kappa shape index (κ1) is 10.6. The number of amides is 1. The van der Waals surface area contributed by atoms with Gasteiger partial charge >= 0.3 is 0 Å². The van der Waals surface area contributed by atoms with Crippen LogP contribution in [0.15, 0.2) is 18.2 Å². The molecule has 90 valence electrons. The van der Waals surface area contributed by atoms with Gasteiger partial charge in [0.2, 0.25) is 5.91 Å². The molecule has 0 heterocycles. The van der Waals surface area contributed by atoms with E-state index in [-0.39, 0.29) is 11.8 Å². The lowest BCUT2D eigenvalue weighted by molar-refractivity contribution is -0.120. The van der Waals surface area contributed by atoms with Crippen LogP contribution in [-0.2, 0) is 4.79 Å². The molecule has 2 atom stereocenters. The highest BCUT2D eigenvalue weighted by atomic mass is 16.1. The Balaban J connectivity index is 1.67. The molecule has 0 spiro atoms. The van der Waals surface area contributed by atoms with Crippen molar-refractivity contribution in [1.82, 2.24) is 0 Å². The van der Waals surface area contributed by atoms with E-state index in [0.29, 0.717) is 5.69 Å². The summed E-state index contributed by atoms with van der Waals surface area (Å²) in [6.07, 6.45) is 3.49. The summed E-state index contributed by atoms with van der Waals surface area (Å²) in [5.74, 6) is 2.02. The average molecular weight is 230 g/mol. The van der Waals surface area contributed by atoms with Crippen LogP contribution >= 0.6 is 0 Å². The number of hydrogen-bond acceptors (Lipinski definition) is 2. The molecule has 17 heavy (non-hydrogen) atoms. The Labute approximate surface area is 101 Å². The average Bonchev–Trinajstić information content (AvgIpc) is 2.89. The number of carbonyl (C=O) groups excluding carboxylic acids is 1. The zero-order chi connectivity index (χ0) is 12.0. The minimum Gasteiger partial charge on any atom is -0.397 e. The van der Waals surface area contributed by atoms with Gasteiger partial charge in [-0.1, -0.05) is 6.07 Å². The molecular formula is C14H18N2O. The van der Waals surface area contributed by atoms with Crippen molar-refractivity contribution in [2.45, 2.75) is 26.2 Å². The topological polar surface area (TPSA) is 55.1 Å². The molecule has 0 aromatic heterocycles. The van der Waals surface area contributed by atoms with Crippen molar-refractivity contribution >= 4 is 17.3 Å². The van der Waals surface area contributed by atoms with Gasteiger partial charge in [0.15, 0.2) is 0 Å². The number of benzene rings is 1. The van der Waals surface area contributed by atoms with E-state index in [1.54, 1.807) is 0 Å². The van der Waals surface area contributed by atoms with E-state index in [4.69, 9.17) is 5.73 Å². The molecule has 0 bridgehead atoms. The zero-order valence-corrected chi connectivity index (χ0v) is 10.1. The van der Waals surface area contributed by atoms with E-state index in [9.17, 15) is 4.79 Å². The number of aryl methyl sites for hydroxylation is 1. The second-order valence-corrected chi connectivity index (χ2v) is 5.50. The van der Waals surface area contributed by atoms with Crippen molar-refractivity contribution in [2.24, 2.45) is 17.8 Å². The largest absolute Gasteiger partial charge is 0.397 e. The van der Waals surface area contributed by atoms with Gasteiger partial charge in [0, 0.05) is 5.92 Å². The van der Waals surface area contributed by atoms with Crippen molar-refractivity contribution in [3.05, 3.63) is 23.8 Å². The first-order chi connectivity index (χ1) is 8.13. The number of rotatable bonds is 2. The Hall–Kier alpha value is -1.51. The van der Waals surface area contributed by atoms with Crippen LogP contribution in [0, 0.1) is 24.7 Å². The third kappa shape index (κ3) is 2.02. The quantitative estimate of drug-likeness (QED) is 0.767.